The lowest BCUT2D eigenvalue weighted by Crippen LogP contribution is -2.34. The summed E-state index contributed by atoms with van der Waals surface area (Å²) in [5, 5.41) is 6.92. The highest BCUT2D eigenvalue weighted by Gasteiger charge is 2.13. The molecule has 7 heteroatoms. The summed E-state index contributed by atoms with van der Waals surface area (Å²) < 4.78 is 6.59. The molecule has 162 valence electrons. The quantitative estimate of drug-likeness (QED) is 0.345. The van der Waals surface area contributed by atoms with Crippen molar-refractivity contribution in [3.63, 3.8) is 0 Å². The first-order valence-corrected chi connectivity index (χ1v) is 11.4. The third-order valence-corrected chi connectivity index (χ3v) is 6.34. The van der Waals surface area contributed by atoms with E-state index in [4.69, 9.17) is 21.9 Å². The number of methoxy groups -OCH3 is 1. The highest BCUT2D eigenvalue weighted by atomic mass is 32.1. The standard InChI is InChI=1S/C25H23N3O2S2/c1-15(2)16-8-10-17(11-9-16)23(29)28-25(31)27-20-14-18(12-13-21(20)30-3)24-26-19-6-4-5-7-22(19)32-24/h4-15H,1-3H3,(H2,27,28,29,31). The van der Waals surface area contributed by atoms with Crippen LogP contribution in [0.2, 0.25) is 0 Å². The Bertz CT molecular complexity index is 1250. The zero-order valence-electron chi connectivity index (χ0n) is 18.0. The van der Waals surface area contributed by atoms with Crippen molar-refractivity contribution in [3.05, 3.63) is 77.9 Å². The Morgan fingerprint density at radius 3 is 2.50 bits per heavy atom. The number of benzene rings is 3. The van der Waals surface area contributed by atoms with Crippen LogP contribution >= 0.6 is 23.6 Å². The summed E-state index contributed by atoms with van der Waals surface area (Å²) in [5.74, 6) is 0.761. The van der Waals surface area contributed by atoms with Crippen LogP contribution in [0.5, 0.6) is 5.75 Å². The number of thiocarbonyl (C=S) groups is 1. The molecule has 4 rings (SSSR count). The predicted octanol–water partition coefficient (Wildman–Crippen LogP) is 6.22. The molecule has 0 saturated carbocycles. The van der Waals surface area contributed by atoms with Gasteiger partial charge in [-0.25, -0.2) is 4.98 Å². The molecule has 32 heavy (non-hydrogen) atoms. The molecule has 5 nitrogen and oxygen atoms in total. The molecule has 0 aliphatic heterocycles. The molecular weight excluding hydrogens is 438 g/mol. The van der Waals surface area contributed by atoms with E-state index in [1.165, 1.54) is 5.56 Å². The number of hydrogen-bond donors (Lipinski definition) is 2. The molecule has 0 fully saturated rings. The van der Waals surface area contributed by atoms with E-state index < -0.39 is 0 Å². The van der Waals surface area contributed by atoms with Gasteiger partial charge in [0.05, 0.1) is 23.0 Å². The number of anilines is 1. The van der Waals surface area contributed by atoms with Gasteiger partial charge in [0.2, 0.25) is 0 Å². The number of aromatic nitrogens is 1. The molecule has 0 saturated heterocycles. The molecule has 1 aromatic heterocycles. The van der Waals surface area contributed by atoms with Crippen molar-refractivity contribution in [2.75, 3.05) is 12.4 Å². The number of thiazole rings is 1. The molecule has 0 unspecified atom stereocenters. The monoisotopic (exact) mass is 461 g/mol. The Kier molecular flexibility index (Phi) is 6.48. The third-order valence-electron chi connectivity index (χ3n) is 5.06. The number of carbonyl (C=O) groups excluding carboxylic acids is 1. The van der Waals surface area contributed by atoms with Gasteiger partial charge in [-0.3, -0.25) is 10.1 Å². The molecule has 1 amide bonds. The maximum atomic E-state index is 12.6. The summed E-state index contributed by atoms with van der Waals surface area (Å²) in [5.41, 5.74) is 4.29. The molecule has 0 radical (unpaired) electrons. The lowest BCUT2D eigenvalue weighted by molar-refractivity contribution is 0.0977. The summed E-state index contributed by atoms with van der Waals surface area (Å²) in [4.78, 5) is 17.3. The van der Waals surface area contributed by atoms with Gasteiger partial charge in [0.25, 0.3) is 5.91 Å². The number of nitrogens with one attached hydrogen (secondary N) is 2. The Hall–Kier alpha value is -3.29. The molecule has 0 atom stereocenters. The van der Waals surface area contributed by atoms with Gasteiger partial charge in [0.15, 0.2) is 5.11 Å². The fourth-order valence-corrected chi connectivity index (χ4v) is 4.45. The molecule has 1 heterocycles. The third kappa shape index (κ3) is 4.79. The first kappa shape index (κ1) is 21.9. The van der Waals surface area contributed by atoms with E-state index in [2.05, 4.69) is 30.5 Å². The van der Waals surface area contributed by atoms with Crippen LogP contribution in [0.25, 0.3) is 20.8 Å². The largest absolute Gasteiger partial charge is 0.495 e. The Balaban J connectivity index is 1.51. The van der Waals surface area contributed by atoms with Gasteiger partial charge < -0.3 is 10.1 Å². The van der Waals surface area contributed by atoms with Crippen molar-refractivity contribution in [2.24, 2.45) is 0 Å². The van der Waals surface area contributed by atoms with E-state index in [9.17, 15) is 4.79 Å². The molecule has 0 aliphatic rings. The second-order valence-electron chi connectivity index (χ2n) is 7.59. The number of rotatable bonds is 5. The summed E-state index contributed by atoms with van der Waals surface area (Å²) in [6, 6.07) is 21.3. The Morgan fingerprint density at radius 2 is 1.81 bits per heavy atom. The van der Waals surface area contributed by atoms with Crippen LogP contribution in [0.3, 0.4) is 0 Å². The second-order valence-corrected chi connectivity index (χ2v) is 9.03. The molecule has 0 spiro atoms. The SMILES string of the molecule is COc1ccc(-c2nc3ccccc3s2)cc1NC(=S)NC(=O)c1ccc(C(C)C)cc1. The minimum absolute atomic E-state index is 0.197. The Morgan fingerprint density at radius 1 is 1.06 bits per heavy atom. The minimum Gasteiger partial charge on any atom is -0.495 e. The molecular formula is C25H23N3O2S2. The van der Waals surface area contributed by atoms with Crippen LogP contribution < -0.4 is 15.4 Å². The molecule has 0 bridgehead atoms. The van der Waals surface area contributed by atoms with Gasteiger partial charge in [-0.15, -0.1) is 11.3 Å². The van der Waals surface area contributed by atoms with Gasteiger partial charge in [-0.05, 0) is 66.2 Å². The second kappa shape index (κ2) is 9.46. The van der Waals surface area contributed by atoms with E-state index in [0.717, 1.165) is 20.8 Å². The highest BCUT2D eigenvalue weighted by Crippen LogP contribution is 2.34. The summed E-state index contributed by atoms with van der Waals surface area (Å²) >= 11 is 7.01. The molecule has 3 aromatic carbocycles. The number of nitrogens with zero attached hydrogens (tertiary/aromatic N) is 1. The van der Waals surface area contributed by atoms with Gasteiger partial charge in [0.1, 0.15) is 10.8 Å². The van der Waals surface area contributed by atoms with Crippen LogP contribution in [0.4, 0.5) is 5.69 Å². The lowest BCUT2D eigenvalue weighted by atomic mass is 10.0. The van der Waals surface area contributed by atoms with Crippen molar-refractivity contribution in [2.45, 2.75) is 19.8 Å². The predicted molar refractivity (Wildman–Crippen MR) is 136 cm³/mol. The van der Waals surface area contributed by atoms with Crippen molar-refractivity contribution in [1.29, 1.82) is 0 Å². The van der Waals surface area contributed by atoms with Crippen molar-refractivity contribution < 1.29 is 9.53 Å². The van der Waals surface area contributed by atoms with E-state index in [1.54, 1.807) is 18.4 Å². The lowest BCUT2D eigenvalue weighted by Gasteiger charge is -2.14. The van der Waals surface area contributed by atoms with Gasteiger partial charge in [-0.2, -0.15) is 0 Å². The maximum Gasteiger partial charge on any atom is 0.257 e. The van der Waals surface area contributed by atoms with Gasteiger partial charge >= 0.3 is 0 Å². The van der Waals surface area contributed by atoms with Crippen LogP contribution in [0.1, 0.15) is 35.7 Å². The minimum atomic E-state index is -0.265. The summed E-state index contributed by atoms with van der Waals surface area (Å²) in [7, 11) is 1.59. The van der Waals surface area contributed by atoms with Crippen molar-refractivity contribution in [3.8, 4) is 16.3 Å². The van der Waals surface area contributed by atoms with E-state index in [-0.39, 0.29) is 11.0 Å². The molecule has 2 N–H and O–H groups in total. The zero-order chi connectivity index (χ0) is 22.7. The average molecular weight is 462 g/mol. The number of para-hydroxylation sites is 1. The molecule has 0 aliphatic carbocycles. The smallest absolute Gasteiger partial charge is 0.257 e. The van der Waals surface area contributed by atoms with Crippen molar-refractivity contribution in [1.82, 2.24) is 10.3 Å². The van der Waals surface area contributed by atoms with Crippen molar-refractivity contribution >= 4 is 50.5 Å². The number of carbonyl (C=O) groups is 1. The first-order chi connectivity index (χ1) is 15.4. The van der Waals surface area contributed by atoms with Crippen LogP contribution in [-0.2, 0) is 0 Å². The van der Waals surface area contributed by atoms with E-state index in [1.807, 2.05) is 60.7 Å². The van der Waals surface area contributed by atoms with Crippen LogP contribution in [0, 0.1) is 0 Å². The fourth-order valence-electron chi connectivity index (χ4n) is 3.28. The molecule has 4 aromatic rings. The van der Waals surface area contributed by atoms with Gasteiger partial charge in [-0.1, -0.05) is 38.1 Å². The van der Waals surface area contributed by atoms with E-state index >= 15 is 0 Å². The van der Waals surface area contributed by atoms with Crippen LogP contribution in [-0.4, -0.2) is 23.1 Å². The first-order valence-electron chi connectivity index (χ1n) is 10.2. The maximum absolute atomic E-state index is 12.6. The average Bonchev–Trinajstić information content (AvgIpc) is 3.23. The fraction of sp³-hybridized carbons (Fsp3) is 0.160. The van der Waals surface area contributed by atoms with E-state index in [0.29, 0.717) is 22.9 Å². The highest BCUT2D eigenvalue weighted by molar-refractivity contribution is 7.80. The summed E-state index contributed by atoms with van der Waals surface area (Å²) in [6.07, 6.45) is 0. The summed E-state index contributed by atoms with van der Waals surface area (Å²) in [6.45, 7) is 4.23. The van der Waals surface area contributed by atoms with Crippen LogP contribution in [0.15, 0.2) is 66.7 Å². The number of hydrogen-bond acceptors (Lipinski definition) is 5. The normalized spacial score (nSPS) is 10.9. The topological polar surface area (TPSA) is 63.2 Å². The number of fused-ring (bicyclic) bond motifs is 1. The zero-order valence-corrected chi connectivity index (χ0v) is 19.6. The number of amides is 1. The number of ether oxygens (including phenoxy) is 1. The Labute approximate surface area is 196 Å². The van der Waals surface area contributed by atoms with Gasteiger partial charge in [0, 0.05) is 11.1 Å².